The summed E-state index contributed by atoms with van der Waals surface area (Å²) in [7, 11) is 0. The molecule has 0 spiro atoms. The summed E-state index contributed by atoms with van der Waals surface area (Å²) >= 11 is 1.87. The molecule has 51 heavy (non-hydrogen) atoms. The van der Waals surface area contributed by atoms with Crippen LogP contribution in [0.5, 0.6) is 0 Å². The number of rotatable bonds is 4. The molecule has 0 saturated carbocycles. The highest BCUT2D eigenvalue weighted by Gasteiger charge is 2.16. The molecule has 3 heterocycles. The van der Waals surface area contributed by atoms with Crippen molar-refractivity contribution < 1.29 is 0 Å². The molecule has 0 aliphatic carbocycles. The average Bonchev–Trinajstić information content (AvgIpc) is 3.85. The third-order valence-corrected chi connectivity index (χ3v) is 11.7. The number of fused-ring (bicyclic) bond motifs is 9. The van der Waals surface area contributed by atoms with Gasteiger partial charge in [-0.15, -0.1) is 11.3 Å². The van der Waals surface area contributed by atoms with E-state index in [0.29, 0.717) is 0 Å². The molecule has 0 aliphatic rings. The zero-order chi connectivity index (χ0) is 33.5. The lowest BCUT2D eigenvalue weighted by Gasteiger charge is -2.11. The van der Waals surface area contributed by atoms with E-state index in [1.165, 1.54) is 91.7 Å². The third-order valence-electron chi connectivity index (χ3n) is 10.5. The zero-order valence-corrected chi connectivity index (χ0v) is 28.4. The van der Waals surface area contributed by atoms with Crippen LogP contribution in [0.3, 0.4) is 0 Å². The van der Waals surface area contributed by atoms with Crippen LogP contribution in [0.15, 0.2) is 182 Å². The molecule has 0 bridgehead atoms. The normalized spacial score (nSPS) is 11.9. The average molecular weight is 667 g/mol. The quantitative estimate of drug-likeness (QED) is 0.177. The first-order valence-electron chi connectivity index (χ1n) is 17.4. The Hall–Kier alpha value is -6.42. The Morgan fingerprint density at radius 2 is 0.706 bits per heavy atom. The maximum Gasteiger partial charge on any atom is 0.0541 e. The van der Waals surface area contributed by atoms with Crippen molar-refractivity contribution in [1.82, 2.24) is 9.13 Å². The standard InChI is InChI=1S/C48H30N2S/c1-2-10-35(11-3-1)49-43-15-7-4-12-37(43)40-28-32(20-25-45(40)49)31-18-23-36(24-19-31)50-44-16-8-5-13-38(44)41-29-33(21-26-46(41)50)34-22-27-48-42(30-34)39-14-6-9-17-47(39)51-48/h1-30H. The van der Waals surface area contributed by atoms with Gasteiger partial charge in [-0.2, -0.15) is 0 Å². The lowest BCUT2D eigenvalue weighted by molar-refractivity contribution is 1.18. The molecule has 0 radical (unpaired) electrons. The van der Waals surface area contributed by atoms with Gasteiger partial charge >= 0.3 is 0 Å². The van der Waals surface area contributed by atoms with Gasteiger partial charge in [-0.25, -0.2) is 0 Å². The minimum absolute atomic E-state index is 1.16. The minimum Gasteiger partial charge on any atom is -0.309 e. The van der Waals surface area contributed by atoms with Crippen LogP contribution in [0.25, 0.3) is 97.4 Å². The molecular formula is C48H30N2S. The Bertz CT molecular complexity index is 3120. The summed E-state index contributed by atoms with van der Waals surface area (Å²) in [6, 6.07) is 66.7. The van der Waals surface area contributed by atoms with Gasteiger partial charge in [0.05, 0.1) is 22.1 Å². The second-order valence-electron chi connectivity index (χ2n) is 13.4. The summed E-state index contributed by atoms with van der Waals surface area (Å²) in [5.74, 6) is 0. The van der Waals surface area contributed by atoms with E-state index in [2.05, 4.69) is 191 Å². The molecule has 0 unspecified atom stereocenters. The fraction of sp³-hybridized carbons (Fsp3) is 0. The Morgan fingerprint density at radius 3 is 1.35 bits per heavy atom. The number of benzene rings is 8. The molecule has 11 aromatic rings. The van der Waals surface area contributed by atoms with Crippen LogP contribution in [-0.2, 0) is 0 Å². The first kappa shape index (κ1) is 28.4. The minimum atomic E-state index is 1.16. The topological polar surface area (TPSA) is 9.86 Å². The highest BCUT2D eigenvalue weighted by molar-refractivity contribution is 7.25. The number of aromatic nitrogens is 2. The Morgan fingerprint density at radius 1 is 0.275 bits per heavy atom. The van der Waals surface area contributed by atoms with Gasteiger partial charge in [0, 0.05) is 53.1 Å². The molecule has 2 nitrogen and oxygen atoms in total. The predicted octanol–water partition coefficient (Wildman–Crippen LogP) is 13.6. The molecule has 0 saturated heterocycles. The first-order chi connectivity index (χ1) is 25.3. The van der Waals surface area contributed by atoms with Crippen molar-refractivity contribution in [3.05, 3.63) is 182 Å². The fourth-order valence-corrected chi connectivity index (χ4v) is 9.23. The van der Waals surface area contributed by atoms with E-state index in [4.69, 9.17) is 0 Å². The second kappa shape index (κ2) is 11.0. The first-order valence-corrected chi connectivity index (χ1v) is 18.2. The van der Waals surface area contributed by atoms with Crippen LogP contribution in [0.1, 0.15) is 0 Å². The molecule has 0 fully saturated rings. The van der Waals surface area contributed by atoms with Gasteiger partial charge < -0.3 is 9.13 Å². The van der Waals surface area contributed by atoms with E-state index in [-0.39, 0.29) is 0 Å². The van der Waals surface area contributed by atoms with Gasteiger partial charge in [-0.1, -0.05) is 103 Å². The van der Waals surface area contributed by atoms with E-state index in [1.807, 2.05) is 11.3 Å². The highest BCUT2D eigenvalue weighted by Crippen LogP contribution is 2.40. The number of nitrogens with zero attached hydrogens (tertiary/aromatic N) is 2. The predicted molar refractivity (Wildman–Crippen MR) is 219 cm³/mol. The van der Waals surface area contributed by atoms with Crippen molar-refractivity contribution in [3.63, 3.8) is 0 Å². The lowest BCUT2D eigenvalue weighted by atomic mass is 10.0. The third kappa shape index (κ3) is 4.35. The molecule has 8 aromatic carbocycles. The Kier molecular flexibility index (Phi) is 6.16. The molecule has 3 aromatic heterocycles. The summed E-state index contributed by atoms with van der Waals surface area (Å²) in [4.78, 5) is 0. The van der Waals surface area contributed by atoms with Crippen LogP contribution in [-0.4, -0.2) is 9.13 Å². The van der Waals surface area contributed by atoms with Crippen LogP contribution >= 0.6 is 11.3 Å². The summed E-state index contributed by atoms with van der Waals surface area (Å²) in [6.07, 6.45) is 0. The number of para-hydroxylation sites is 3. The van der Waals surface area contributed by atoms with E-state index >= 15 is 0 Å². The molecular weight excluding hydrogens is 637 g/mol. The lowest BCUT2D eigenvalue weighted by Crippen LogP contribution is -1.94. The highest BCUT2D eigenvalue weighted by atomic mass is 32.1. The van der Waals surface area contributed by atoms with Crippen LogP contribution in [0.2, 0.25) is 0 Å². The molecule has 0 atom stereocenters. The maximum absolute atomic E-state index is 2.41. The van der Waals surface area contributed by atoms with Gasteiger partial charge in [0.1, 0.15) is 0 Å². The van der Waals surface area contributed by atoms with Crippen molar-refractivity contribution in [2.45, 2.75) is 0 Å². The van der Waals surface area contributed by atoms with Crippen molar-refractivity contribution in [3.8, 4) is 33.6 Å². The largest absolute Gasteiger partial charge is 0.309 e. The molecule has 3 heteroatoms. The molecule has 0 aliphatic heterocycles. The van der Waals surface area contributed by atoms with E-state index in [0.717, 1.165) is 5.69 Å². The molecule has 238 valence electrons. The Labute approximate surface area is 298 Å². The van der Waals surface area contributed by atoms with Crippen molar-refractivity contribution in [2.24, 2.45) is 0 Å². The van der Waals surface area contributed by atoms with Crippen LogP contribution in [0.4, 0.5) is 0 Å². The van der Waals surface area contributed by atoms with E-state index in [9.17, 15) is 0 Å². The SMILES string of the molecule is c1ccc(-n2c3ccccc3c3cc(-c4ccc(-n5c6ccccc6c6cc(-c7ccc8sc9ccccc9c8c7)ccc65)cc4)ccc32)cc1. The summed E-state index contributed by atoms with van der Waals surface area (Å²) in [6.45, 7) is 0. The fourth-order valence-electron chi connectivity index (χ4n) is 8.15. The van der Waals surface area contributed by atoms with Crippen molar-refractivity contribution >= 4 is 75.1 Å². The van der Waals surface area contributed by atoms with E-state index in [1.54, 1.807) is 0 Å². The summed E-state index contributed by atoms with van der Waals surface area (Å²) < 4.78 is 7.45. The molecule has 11 rings (SSSR count). The van der Waals surface area contributed by atoms with Crippen LogP contribution < -0.4 is 0 Å². The second-order valence-corrected chi connectivity index (χ2v) is 14.4. The summed E-state index contributed by atoms with van der Waals surface area (Å²) in [5.41, 5.74) is 12.1. The molecule has 0 amide bonds. The smallest absolute Gasteiger partial charge is 0.0541 e. The number of thiophene rings is 1. The number of hydrogen-bond acceptors (Lipinski definition) is 1. The summed E-state index contributed by atoms with van der Waals surface area (Å²) in [5, 5.41) is 7.73. The van der Waals surface area contributed by atoms with Gasteiger partial charge in [0.25, 0.3) is 0 Å². The van der Waals surface area contributed by atoms with E-state index < -0.39 is 0 Å². The van der Waals surface area contributed by atoms with Gasteiger partial charge in [0.2, 0.25) is 0 Å². The maximum atomic E-state index is 2.41. The van der Waals surface area contributed by atoms with Gasteiger partial charge in [0.15, 0.2) is 0 Å². The van der Waals surface area contributed by atoms with Gasteiger partial charge in [-0.3, -0.25) is 0 Å². The van der Waals surface area contributed by atoms with Crippen molar-refractivity contribution in [2.75, 3.05) is 0 Å². The molecule has 0 N–H and O–H groups in total. The monoisotopic (exact) mass is 666 g/mol. The van der Waals surface area contributed by atoms with Crippen LogP contribution in [0, 0.1) is 0 Å². The zero-order valence-electron chi connectivity index (χ0n) is 27.6. The van der Waals surface area contributed by atoms with Crippen molar-refractivity contribution in [1.29, 1.82) is 0 Å². The van der Waals surface area contributed by atoms with Gasteiger partial charge in [-0.05, 0) is 101 Å². The Balaban J connectivity index is 1.01. The number of hydrogen-bond donors (Lipinski definition) is 0.